The zero-order chi connectivity index (χ0) is 19.6. The molecule has 144 valence electrons. The van der Waals surface area contributed by atoms with Gasteiger partial charge in [-0.25, -0.2) is 9.61 Å². The van der Waals surface area contributed by atoms with E-state index in [9.17, 15) is 0 Å². The van der Waals surface area contributed by atoms with Gasteiger partial charge in [0.1, 0.15) is 0 Å². The molecule has 0 amide bonds. The molecule has 1 aliphatic rings. The quantitative estimate of drug-likeness (QED) is 0.391. The van der Waals surface area contributed by atoms with E-state index >= 15 is 0 Å². The van der Waals surface area contributed by atoms with Crippen LogP contribution in [-0.4, -0.2) is 33.3 Å². The van der Waals surface area contributed by atoms with Gasteiger partial charge in [-0.3, -0.25) is 5.43 Å². The Morgan fingerprint density at radius 1 is 0.966 bits per heavy atom. The molecular weight excluding hydrogens is 374 g/mol. The van der Waals surface area contributed by atoms with Gasteiger partial charge in [-0.1, -0.05) is 12.1 Å². The number of nitrogens with one attached hydrogen (secondary N) is 2. The van der Waals surface area contributed by atoms with Gasteiger partial charge in [-0.15, -0.1) is 0 Å². The van der Waals surface area contributed by atoms with Crippen LogP contribution >= 0.6 is 0 Å². The van der Waals surface area contributed by atoms with Crippen molar-refractivity contribution in [2.45, 2.75) is 6.92 Å². The molecule has 0 saturated carbocycles. The highest BCUT2D eigenvalue weighted by atomic mass is 16.7. The standard InChI is InChI=1S/C19H15N7O3/c1-11-3-2-4-13(7-11)21-16-17(23-19-18(22-16)25-29-26-19)24-20-9-12-5-6-14-15(8-12)28-10-27-14/h2-9H,10H2,1H3,(H,21,22,25)(H,23,24,26). The van der Waals surface area contributed by atoms with Crippen molar-refractivity contribution in [3.05, 3.63) is 53.6 Å². The van der Waals surface area contributed by atoms with Crippen LogP contribution in [-0.2, 0) is 0 Å². The first-order valence-corrected chi connectivity index (χ1v) is 8.77. The van der Waals surface area contributed by atoms with E-state index in [4.69, 9.17) is 14.1 Å². The third-order valence-corrected chi connectivity index (χ3v) is 4.18. The normalized spacial score (nSPS) is 12.6. The number of nitrogens with zero attached hydrogens (tertiary/aromatic N) is 5. The molecule has 0 aliphatic carbocycles. The molecule has 3 heterocycles. The van der Waals surface area contributed by atoms with Crippen molar-refractivity contribution < 1.29 is 14.1 Å². The number of benzene rings is 2. The monoisotopic (exact) mass is 389 g/mol. The minimum atomic E-state index is 0.226. The average molecular weight is 389 g/mol. The highest BCUT2D eigenvalue weighted by Gasteiger charge is 2.14. The Balaban J connectivity index is 1.42. The first-order chi connectivity index (χ1) is 14.2. The molecule has 0 fully saturated rings. The lowest BCUT2D eigenvalue weighted by molar-refractivity contribution is 0.174. The zero-order valence-corrected chi connectivity index (χ0v) is 15.3. The van der Waals surface area contributed by atoms with Crippen LogP contribution in [0.5, 0.6) is 11.5 Å². The Bertz CT molecular complexity index is 1220. The number of hydrogen-bond acceptors (Lipinski definition) is 10. The maximum atomic E-state index is 5.38. The topological polar surface area (TPSA) is 120 Å². The van der Waals surface area contributed by atoms with E-state index in [0.717, 1.165) is 22.6 Å². The van der Waals surface area contributed by atoms with E-state index in [-0.39, 0.29) is 12.4 Å². The molecule has 0 bridgehead atoms. The van der Waals surface area contributed by atoms with Crippen LogP contribution in [0.15, 0.2) is 52.2 Å². The Hall–Kier alpha value is -4.21. The molecule has 2 aromatic heterocycles. The molecule has 5 rings (SSSR count). The summed E-state index contributed by atoms with van der Waals surface area (Å²) in [4.78, 5) is 8.80. The Kier molecular flexibility index (Phi) is 4.13. The summed E-state index contributed by atoms with van der Waals surface area (Å²) in [5, 5.41) is 15.0. The lowest BCUT2D eigenvalue weighted by Crippen LogP contribution is -2.03. The van der Waals surface area contributed by atoms with Crippen LogP contribution < -0.4 is 20.2 Å². The molecule has 2 aromatic carbocycles. The second-order valence-electron chi connectivity index (χ2n) is 6.31. The number of hydrogen-bond donors (Lipinski definition) is 2. The fourth-order valence-electron chi connectivity index (χ4n) is 2.82. The number of aryl methyl sites for hydroxylation is 1. The summed E-state index contributed by atoms with van der Waals surface area (Å²) < 4.78 is 15.4. The number of rotatable bonds is 5. The van der Waals surface area contributed by atoms with Gasteiger partial charge in [0.2, 0.25) is 18.1 Å². The Morgan fingerprint density at radius 3 is 2.66 bits per heavy atom. The Morgan fingerprint density at radius 2 is 1.79 bits per heavy atom. The van der Waals surface area contributed by atoms with Gasteiger partial charge in [0.05, 0.1) is 6.21 Å². The van der Waals surface area contributed by atoms with Crippen LogP contribution in [0.1, 0.15) is 11.1 Å². The first-order valence-electron chi connectivity index (χ1n) is 8.77. The number of hydrazone groups is 1. The molecule has 0 radical (unpaired) electrons. The summed E-state index contributed by atoms with van der Waals surface area (Å²) in [6, 6.07) is 13.4. The molecule has 0 saturated heterocycles. The highest BCUT2D eigenvalue weighted by Crippen LogP contribution is 2.32. The van der Waals surface area contributed by atoms with Crippen molar-refractivity contribution in [1.82, 2.24) is 20.3 Å². The maximum absolute atomic E-state index is 5.38. The predicted molar refractivity (Wildman–Crippen MR) is 106 cm³/mol. The smallest absolute Gasteiger partial charge is 0.245 e. The highest BCUT2D eigenvalue weighted by molar-refractivity contribution is 5.82. The van der Waals surface area contributed by atoms with Gasteiger partial charge >= 0.3 is 0 Å². The maximum Gasteiger partial charge on any atom is 0.245 e. The fraction of sp³-hybridized carbons (Fsp3) is 0.105. The van der Waals surface area contributed by atoms with Crippen molar-refractivity contribution in [3.63, 3.8) is 0 Å². The van der Waals surface area contributed by atoms with E-state index in [2.05, 4.69) is 36.1 Å². The third kappa shape index (κ3) is 3.50. The second-order valence-corrected chi connectivity index (χ2v) is 6.31. The van der Waals surface area contributed by atoms with Crippen LogP contribution in [0.25, 0.3) is 11.3 Å². The number of aromatic nitrogens is 4. The van der Waals surface area contributed by atoms with Crippen LogP contribution in [0, 0.1) is 6.92 Å². The minimum Gasteiger partial charge on any atom is -0.454 e. The largest absolute Gasteiger partial charge is 0.454 e. The molecule has 4 aromatic rings. The molecular formula is C19H15N7O3. The number of ether oxygens (including phenoxy) is 2. The average Bonchev–Trinajstić information content (AvgIpc) is 3.36. The summed E-state index contributed by atoms with van der Waals surface area (Å²) in [6.07, 6.45) is 1.64. The molecule has 10 heteroatoms. The van der Waals surface area contributed by atoms with E-state index in [1.54, 1.807) is 6.21 Å². The molecule has 0 atom stereocenters. The lowest BCUT2D eigenvalue weighted by atomic mass is 10.2. The summed E-state index contributed by atoms with van der Waals surface area (Å²) in [5.41, 5.74) is 6.29. The van der Waals surface area contributed by atoms with Crippen LogP contribution in [0.4, 0.5) is 17.3 Å². The van der Waals surface area contributed by atoms with Crippen molar-refractivity contribution in [2.24, 2.45) is 5.10 Å². The van der Waals surface area contributed by atoms with Crippen LogP contribution in [0.3, 0.4) is 0 Å². The molecule has 2 N–H and O–H groups in total. The van der Waals surface area contributed by atoms with E-state index in [0.29, 0.717) is 23.0 Å². The fourth-order valence-corrected chi connectivity index (χ4v) is 2.82. The van der Waals surface area contributed by atoms with Crippen LogP contribution in [0.2, 0.25) is 0 Å². The van der Waals surface area contributed by atoms with Gasteiger partial charge in [-0.05, 0) is 58.7 Å². The van der Waals surface area contributed by atoms with Gasteiger partial charge in [0, 0.05) is 5.69 Å². The third-order valence-electron chi connectivity index (χ3n) is 4.18. The first kappa shape index (κ1) is 16.9. The summed E-state index contributed by atoms with van der Waals surface area (Å²) in [7, 11) is 0. The van der Waals surface area contributed by atoms with E-state index in [1.807, 2.05) is 49.4 Å². The summed E-state index contributed by atoms with van der Waals surface area (Å²) in [5.74, 6) is 2.23. The van der Waals surface area contributed by atoms with Gasteiger partial charge in [0.25, 0.3) is 0 Å². The van der Waals surface area contributed by atoms with Crippen molar-refractivity contribution in [3.8, 4) is 11.5 Å². The number of fused-ring (bicyclic) bond motifs is 2. The van der Waals surface area contributed by atoms with Gasteiger partial charge in [0.15, 0.2) is 23.1 Å². The molecule has 0 spiro atoms. The summed E-state index contributed by atoms with van der Waals surface area (Å²) >= 11 is 0. The summed E-state index contributed by atoms with van der Waals surface area (Å²) in [6.45, 7) is 2.24. The van der Waals surface area contributed by atoms with Crippen molar-refractivity contribution >= 4 is 34.8 Å². The van der Waals surface area contributed by atoms with Gasteiger partial charge in [-0.2, -0.15) is 10.1 Å². The molecule has 1 aliphatic heterocycles. The zero-order valence-electron chi connectivity index (χ0n) is 15.3. The van der Waals surface area contributed by atoms with E-state index < -0.39 is 0 Å². The lowest BCUT2D eigenvalue weighted by Gasteiger charge is -2.09. The predicted octanol–water partition coefficient (Wildman–Crippen LogP) is 3.24. The molecule has 0 unspecified atom stereocenters. The number of anilines is 3. The van der Waals surface area contributed by atoms with E-state index in [1.165, 1.54) is 0 Å². The van der Waals surface area contributed by atoms with Crippen molar-refractivity contribution in [2.75, 3.05) is 17.5 Å². The molecule has 29 heavy (non-hydrogen) atoms. The Labute approximate surface area is 164 Å². The second kappa shape index (κ2) is 7.08. The minimum absolute atomic E-state index is 0.226. The SMILES string of the molecule is Cc1cccc(Nc2nc3nonc3nc2NN=Cc2ccc3c(c2)OCO3)c1. The van der Waals surface area contributed by atoms with Gasteiger partial charge < -0.3 is 14.8 Å². The molecule has 10 nitrogen and oxygen atoms in total. The van der Waals surface area contributed by atoms with Crippen molar-refractivity contribution in [1.29, 1.82) is 0 Å².